The van der Waals surface area contributed by atoms with Crippen molar-refractivity contribution in [1.29, 1.82) is 5.26 Å². The zero-order valence-electron chi connectivity index (χ0n) is 10.4. The second kappa shape index (κ2) is 5.21. The third-order valence-electron chi connectivity index (χ3n) is 2.57. The molecule has 1 heterocycles. The minimum atomic E-state index is -4.84. The van der Waals surface area contributed by atoms with Crippen molar-refractivity contribution in [2.24, 2.45) is 0 Å². The van der Waals surface area contributed by atoms with E-state index in [9.17, 15) is 13.2 Å². The molecule has 0 atom stereocenters. The summed E-state index contributed by atoms with van der Waals surface area (Å²) >= 11 is 0. The van der Waals surface area contributed by atoms with Gasteiger partial charge in [-0.3, -0.25) is 4.98 Å². The van der Waals surface area contributed by atoms with Gasteiger partial charge >= 0.3 is 6.36 Å². The minimum absolute atomic E-state index is 0.175. The van der Waals surface area contributed by atoms with Crippen LogP contribution in [0.5, 0.6) is 5.75 Å². The molecule has 1 aromatic carbocycles. The molecule has 0 fully saturated rings. The topological polar surface area (TPSA) is 45.9 Å². The molecular formula is C14H9F3N2O. The molecule has 0 N–H and O–H groups in total. The van der Waals surface area contributed by atoms with Crippen LogP contribution in [0, 0.1) is 18.3 Å². The van der Waals surface area contributed by atoms with Crippen LogP contribution in [0.25, 0.3) is 11.1 Å². The Balaban J connectivity index is 2.44. The summed E-state index contributed by atoms with van der Waals surface area (Å²) in [7, 11) is 0. The van der Waals surface area contributed by atoms with Gasteiger partial charge in [0.2, 0.25) is 0 Å². The van der Waals surface area contributed by atoms with E-state index in [1.54, 1.807) is 37.4 Å². The van der Waals surface area contributed by atoms with Gasteiger partial charge < -0.3 is 4.74 Å². The van der Waals surface area contributed by atoms with Crippen molar-refractivity contribution in [3.63, 3.8) is 0 Å². The van der Waals surface area contributed by atoms with Gasteiger partial charge in [-0.15, -0.1) is 13.2 Å². The first-order valence-electron chi connectivity index (χ1n) is 5.62. The van der Waals surface area contributed by atoms with Crippen molar-refractivity contribution in [2.75, 3.05) is 0 Å². The molecule has 0 saturated carbocycles. The van der Waals surface area contributed by atoms with Gasteiger partial charge in [0.25, 0.3) is 0 Å². The van der Waals surface area contributed by atoms with Crippen molar-refractivity contribution >= 4 is 0 Å². The second-order valence-electron chi connectivity index (χ2n) is 4.06. The van der Waals surface area contributed by atoms with E-state index in [4.69, 9.17) is 5.26 Å². The predicted molar refractivity (Wildman–Crippen MR) is 65.8 cm³/mol. The summed E-state index contributed by atoms with van der Waals surface area (Å²) in [6, 6.07) is 9.17. The number of nitriles is 1. The number of rotatable bonds is 2. The first kappa shape index (κ1) is 13.9. The highest BCUT2D eigenvalue weighted by Gasteiger charge is 2.32. The van der Waals surface area contributed by atoms with Gasteiger partial charge in [-0.25, -0.2) is 0 Å². The van der Waals surface area contributed by atoms with Gasteiger partial charge in [-0.1, -0.05) is 12.1 Å². The average molecular weight is 278 g/mol. The number of alkyl halides is 3. The zero-order chi connectivity index (χ0) is 14.8. The number of hydrogen-bond acceptors (Lipinski definition) is 3. The van der Waals surface area contributed by atoms with Crippen molar-refractivity contribution in [2.45, 2.75) is 13.3 Å². The van der Waals surface area contributed by atoms with E-state index in [-0.39, 0.29) is 5.56 Å². The van der Waals surface area contributed by atoms with Crippen LogP contribution < -0.4 is 4.74 Å². The number of aromatic nitrogens is 1. The third kappa shape index (κ3) is 3.26. The van der Waals surface area contributed by atoms with Gasteiger partial charge in [0.05, 0.1) is 5.56 Å². The van der Waals surface area contributed by atoms with Gasteiger partial charge in [0.15, 0.2) is 0 Å². The summed E-state index contributed by atoms with van der Waals surface area (Å²) in [6.45, 7) is 1.81. The molecule has 0 saturated heterocycles. The Labute approximate surface area is 113 Å². The number of pyridine rings is 1. The van der Waals surface area contributed by atoms with Crippen molar-refractivity contribution < 1.29 is 17.9 Å². The average Bonchev–Trinajstić information content (AvgIpc) is 2.37. The maximum atomic E-state index is 12.3. The third-order valence-corrected chi connectivity index (χ3v) is 2.57. The molecule has 2 rings (SSSR count). The maximum Gasteiger partial charge on any atom is 0.573 e. The van der Waals surface area contributed by atoms with E-state index in [2.05, 4.69) is 9.72 Å². The molecular weight excluding hydrogens is 269 g/mol. The van der Waals surface area contributed by atoms with Gasteiger partial charge in [-0.2, -0.15) is 5.26 Å². The van der Waals surface area contributed by atoms with Crippen LogP contribution in [0.15, 0.2) is 36.5 Å². The fourth-order valence-electron chi connectivity index (χ4n) is 1.64. The Morgan fingerprint density at radius 3 is 2.40 bits per heavy atom. The molecule has 0 bridgehead atoms. The fourth-order valence-corrected chi connectivity index (χ4v) is 1.64. The van der Waals surface area contributed by atoms with E-state index in [0.717, 1.165) is 5.69 Å². The molecule has 0 aliphatic rings. The van der Waals surface area contributed by atoms with E-state index in [1.165, 1.54) is 12.1 Å². The molecule has 0 unspecified atom stereocenters. The molecule has 0 amide bonds. The SMILES string of the molecule is Cc1ccc(-c2ccc(C#N)c(OC(F)(F)F)c2)cn1. The summed E-state index contributed by atoms with van der Waals surface area (Å²) in [6.07, 6.45) is -3.29. The number of hydrogen-bond donors (Lipinski definition) is 0. The van der Waals surface area contributed by atoms with E-state index >= 15 is 0 Å². The van der Waals surface area contributed by atoms with Crippen molar-refractivity contribution in [1.82, 2.24) is 4.98 Å². The predicted octanol–water partition coefficient (Wildman–Crippen LogP) is 3.83. The Bertz CT molecular complexity index is 658. The normalized spacial score (nSPS) is 10.9. The van der Waals surface area contributed by atoms with E-state index < -0.39 is 12.1 Å². The molecule has 1 aromatic heterocycles. The lowest BCUT2D eigenvalue weighted by molar-refractivity contribution is -0.274. The van der Waals surface area contributed by atoms with E-state index in [0.29, 0.717) is 11.1 Å². The summed E-state index contributed by atoms with van der Waals surface area (Å²) in [5.41, 5.74) is 1.77. The minimum Gasteiger partial charge on any atom is -0.404 e. The second-order valence-corrected chi connectivity index (χ2v) is 4.06. The lowest BCUT2D eigenvalue weighted by Gasteiger charge is -2.11. The summed E-state index contributed by atoms with van der Waals surface area (Å²) in [4.78, 5) is 4.07. The first-order chi connectivity index (χ1) is 9.39. The Hall–Kier alpha value is -2.55. The molecule has 0 aliphatic carbocycles. The molecule has 6 heteroatoms. The van der Waals surface area contributed by atoms with Crippen LogP contribution in [0.3, 0.4) is 0 Å². The highest BCUT2D eigenvalue weighted by Crippen LogP contribution is 2.30. The van der Waals surface area contributed by atoms with Crippen LogP contribution in [-0.2, 0) is 0 Å². The first-order valence-corrected chi connectivity index (χ1v) is 5.62. The van der Waals surface area contributed by atoms with Crippen molar-refractivity contribution in [3.05, 3.63) is 47.8 Å². The molecule has 102 valence electrons. The highest BCUT2D eigenvalue weighted by molar-refractivity contribution is 5.66. The monoisotopic (exact) mass is 278 g/mol. The number of nitrogens with zero attached hydrogens (tertiary/aromatic N) is 2. The van der Waals surface area contributed by atoms with Crippen LogP contribution in [-0.4, -0.2) is 11.3 Å². The fraction of sp³-hybridized carbons (Fsp3) is 0.143. The number of ether oxygens (including phenoxy) is 1. The quantitative estimate of drug-likeness (QED) is 0.838. The van der Waals surface area contributed by atoms with Gasteiger partial charge in [0, 0.05) is 17.5 Å². The summed E-state index contributed by atoms with van der Waals surface area (Å²) in [5, 5.41) is 8.80. The molecule has 0 spiro atoms. The number of benzene rings is 1. The zero-order valence-corrected chi connectivity index (χ0v) is 10.4. The van der Waals surface area contributed by atoms with E-state index in [1.807, 2.05) is 0 Å². The molecule has 20 heavy (non-hydrogen) atoms. The summed E-state index contributed by atoms with van der Waals surface area (Å²) < 4.78 is 40.8. The maximum absolute atomic E-state index is 12.3. The van der Waals surface area contributed by atoms with Crippen LogP contribution in [0.2, 0.25) is 0 Å². The molecule has 3 nitrogen and oxygen atoms in total. The standard InChI is InChI=1S/C14H9F3N2O/c1-9-2-3-12(8-19-9)10-4-5-11(7-18)13(6-10)20-14(15,16)17/h2-6,8H,1H3. The van der Waals surface area contributed by atoms with Crippen molar-refractivity contribution in [3.8, 4) is 22.9 Å². The molecule has 0 radical (unpaired) electrons. The largest absolute Gasteiger partial charge is 0.573 e. The van der Waals surface area contributed by atoms with Gasteiger partial charge in [0.1, 0.15) is 11.8 Å². The number of aryl methyl sites for hydroxylation is 1. The molecule has 0 aliphatic heterocycles. The highest BCUT2D eigenvalue weighted by atomic mass is 19.4. The smallest absolute Gasteiger partial charge is 0.404 e. The van der Waals surface area contributed by atoms with Gasteiger partial charge in [-0.05, 0) is 30.7 Å². The Morgan fingerprint density at radius 1 is 1.15 bits per heavy atom. The Morgan fingerprint density at radius 2 is 1.85 bits per heavy atom. The lowest BCUT2D eigenvalue weighted by Crippen LogP contribution is -2.17. The Kier molecular flexibility index (Phi) is 3.61. The molecule has 2 aromatic rings. The van der Waals surface area contributed by atoms with Crippen LogP contribution in [0.1, 0.15) is 11.3 Å². The van der Waals surface area contributed by atoms with Crippen LogP contribution in [0.4, 0.5) is 13.2 Å². The van der Waals surface area contributed by atoms with Crippen LogP contribution >= 0.6 is 0 Å². The lowest BCUT2D eigenvalue weighted by atomic mass is 10.0. The summed E-state index contributed by atoms with van der Waals surface area (Å²) in [5.74, 6) is -0.516. The number of halogens is 3.